The SMILES string of the molecule is CNCCCNC(=O)C(C)Oc1ccc(Cl)c(Cl)c1.Cl. The Kier molecular flexibility index (Phi) is 9.76. The summed E-state index contributed by atoms with van der Waals surface area (Å²) in [7, 11) is 1.87. The number of amides is 1. The van der Waals surface area contributed by atoms with Gasteiger partial charge in [-0.25, -0.2) is 0 Å². The number of rotatable bonds is 7. The van der Waals surface area contributed by atoms with Crippen molar-refractivity contribution >= 4 is 41.5 Å². The quantitative estimate of drug-likeness (QED) is 0.750. The topological polar surface area (TPSA) is 50.4 Å². The Hall–Kier alpha value is -0.680. The molecule has 4 nitrogen and oxygen atoms in total. The molecular weight excluding hydrogens is 323 g/mol. The predicted octanol–water partition coefficient (Wildman–Crippen LogP) is 2.91. The van der Waals surface area contributed by atoms with Gasteiger partial charge >= 0.3 is 0 Å². The normalized spacial score (nSPS) is 11.4. The molecular formula is C13H19Cl3N2O2. The predicted molar refractivity (Wildman–Crippen MR) is 85.4 cm³/mol. The van der Waals surface area contributed by atoms with Gasteiger partial charge in [-0.2, -0.15) is 0 Å². The molecule has 0 radical (unpaired) electrons. The standard InChI is InChI=1S/C13H18Cl2N2O2.ClH/c1-9(13(18)17-7-3-6-16-2)19-10-4-5-11(14)12(15)8-10;/h4-5,8-9,16H,3,6-7H2,1-2H3,(H,17,18);1H. The lowest BCUT2D eigenvalue weighted by molar-refractivity contribution is -0.127. The molecule has 114 valence electrons. The molecule has 0 fully saturated rings. The smallest absolute Gasteiger partial charge is 0.260 e. The van der Waals surface area contributed by atoms with Gasteiger partial charge in [-0.05, 0) is 39.1 Å². The second-order valence-corrected chi connectivity index (χ2v) is 4.90. The van der Waals surface area contributed by atoms with Crippen molar-refractivity contribution in [3.05, 3.63) is 28.2 Å². The molecule has 0 saturated carbocycles. The zero-order valence-electron chi connectivity index (χ0n) is 11.4. The highest BCUT2D eigenvalue weighted by Crippen LogP contribution is 2.26. The van der Waals surface area contributed by atoms with Gasteiger partial charge in [0.25, 0.3) is 5.91 Å². The van der Waals surface area contributed by atoms with E-state index < -0.39 is 6.10 Å². The maximum atomic E-state index is 11.7. The molecule has 0 aromatic heterocycles. The number of ether oxygens (including phenoxy) is 1. The van der Waals surface area contributed by atoms with Crippen molar-refractivity contribution in [2.24, 2.45) is 0 Å². The molecule has 0 aliphatic rings. The van der Waals surface area contributed by atoms with Crippen molar-refractivity contribution in [3.63, 3.8) is 0 Å². The largest absolute Gasteiger partial charge is 0.481 e. The van der Waals surface area contributed by atoms with Crippen LogP contribution >= 0.6 is 35.6 Å². The van der Waals surface area contributed by atoms with Crippen molar-refractivity contribution in [1.82, 2.24) is 10.6 Å². The van der Waals surface area contributed by atoms with Crippen LogP contribution in [-0.2, 0) is 4.79 Å². The fourth-order valence-corrected chi connectivity index (χ4v) is 1.72. The molecule has 0 saturated heterocycles. The summed E-state index contributed by atoms with van der Waals surface area (Å²) >= 11 is 11.7. The number of hydrogen-bond acceptors (Lipinski definition) is 3. The van der Waals surface area contributed by atoms with Crippen molar-refractivity contribution in [2.75, 3.05) is 20.1 Å². The lowest BCUT2D eigenvalue weighted by Crippen LogP contribution is -2.37. The van der Waals surface area contributed by atoms with Crippen LogP contribution in [0.3, 0.4) is 0 Å². The van der Waals surface area contributed by atoms with E-state index in [1.165, 1.54) is 0 Å². The van der Waals surface area contributed by atoms with Crippen LogP contribution in [0.2, 0.25) is 10.0 Å². The number of benzene rings is 1. The Bertz CT molecular complexity index is 430. The average Bonchev–Trinajstić information content (AvgIpc) is 2.38. The Morgan fingerprint density at radius 3 is 2.60 bits per heavy atom. The van der Waals surface area contributed by atoms with Gasteiger partial charge in [-0.1, -0.05) is 23.2 Å². The molecule has 1 rings (SSSR count). The van der Waals surface area contributed by atoms with Gasteiger partial charge in [0, 0.05) is 12.6 Å². The highest BCUT2D eigenvalue weighted by Gasteiger charge is 2.14. The van der Waals surface area contributed by atoms with Gasteiger partial charge in [0.2, 0.25) is 0 Å². The van der Waals surface area contributed by atoms with Crippen LogP contribution in [0.25, 0.3) is 0 Å². The molecule has 7 heteroatoms. The molecule has 0 aliphatic heterocycles. The first-order valence-corrected chi connectivity index (χ1v) is 6.84. The lowest BCUT2D eigenvalue weighted by atomic mass is 10.3. The van der Waals surface area contributed by atoms with Crippen LogP contribution in [0.4, 0.5) is 0 Å². The molecule has 0 aliphatic carbocycles. The summed E-state index contributed by atoms with van der Waals surface area (Å²) in [5.41, 5.74) is 0. The van der Waals surface area contributed by atoms with Crippen LogP contribution in [0, 0.1) is 0 Å². The first-order chi connectivity index (χ1) is 9.04. The monoisotopic (exact) mass is 340 g/mol. The summed E-state index contributed by atoms with van der Waals surface area (Å²) in [6, 6.07) is 4.91. The van der Waals surface area contributed by atoms with Gasteiger partial charge in [0.1, 0.15) is 5.75 Å². The van der Waals surface area contributed by atoms with Crippen molar-refractivity contribution < 1.29 is 9.53 Å². The minimum Gasteiger partial charge on any atom is -0.481 e. The van der Waals surface area contributed by atoms with Crippen molar-refractivity contribution in [2.45, 2.75) is 19.4 Å². The summed E-state index contributed by atoms with van der Waals surface area (Å²) < 4.78 is 5.50. The zero-order chi connectivity index (χ0) is 14.3. The van der Waals surface area contributed by atoms with Crippen LogP contribution in [0.15, 0.2) is 18.2 Å². The van der Waals surface area contributed by atoms with E-state index in [1.807, 2.05) is 7.05 Å². The average molecular weight is 342 g/mol. The minimum absolute atomic E-state index is 0. The van der Waals surface area contributed by atoms with Gasteiger partial charge in [-0.15, -0.1) is 12.4 Å². The second kappa shape index (κ2) is 10.1. The number of carbonyl (C=O) groups is 1. The highest BCUT2D eigenvalue weighted by atomic mass is 35.5. The highest BCUT2D eigenvalue weighted by molar-refractivity contribution is 6.42. The zero-order valence-corrected chi connectivity index (χ0v) is 13.7. The maximum absolute atomic E-state index is 11.7. The van der Waals surface area contributed by atoms with E-state index in [4.69, 9.17) is 27.9 Å². The van der Waals surface area contributed by atoms with Gasteiger partial charge in [0.05, 0.1) is 10.0 Å². The molecule has 1 amide bonds. The van der Waals surface area contributed by atoms with E-state index in [9.17, 15) is 4.79 Å². The third-order valence-corrected chi connectivity index (χ3v) is 3.21. The van der Waals surface area contributed by atoms with E-state index in [1.54, 1.807) is 25.1 Å². The van der Waals surface area contributed by atoms with E-state index in [0.717, 1.165) is 13.0 Å². The van der Waals surface area contributed by atoms with Gasteiger partial charge in [0.15, 0.2) is 6.10 Å². The summed E-state index contributed by atoms with van der Waals surface area (Å²) in [6.07, 6.45) is 0.300. The maximum Gasteiger partial charge on any atom is 0.260 e. The Morgan fingerprint density at radius 1 is 1.30 bits per heavy atom. The first-order valence-electron chi connectivity index (χ1n) is 6.08. The molecule has 0 spiro atoms. The fraction of sp³-hybridized carbons (Fsp3) is 0.462. The summed E-state index contributed by atoms with van der Waals surface area (Å²) in [5, 5.41) is 6.67. The lowest BCUT2D eigenvalue weighted by Gasteiger charge is -2.15. The van der Waals surface area contributed by atoms with Crippen molar-refractivity contribution in [1.29, 1.82) is 0 Å². The fourth-order valence-electron chi connectivity index (χ4n) is 1.43. The Labute approximate surface area is 135 Å². The van der Waals surface area contributed by atoms with E-state index in [0.29, 0.717) is 22.3 Å². The first kappa shape index (κ1) is 19.3. The van der Waals surface area contributed by atoms with E-state index in [2.05, 4.69) is 10.6 Å². The van der Waals surface area contributed by atoms with E-state index in [-0.39, 0.29) is 18.3 Å². The number of nitrogens with one attached hydrogen (secondary N) is 2. The molecule has 0 heterocycles. The van der Waals surface area contributed by atoms with Crippen LogP contribution in [0.1, 0.15) is 13.3 Å². The third-order valence-electron chi connectivity index (χ3n) is 2.48. The van der Waals surface area contributed by atoms with E-state index >= 15 is 0 Å². The van der Waals surface area contributed by atoms with Crippen LogP contribution < -0.4 is 15.4 Å². The summed E-state index contributed by atoms with van der Waals surface area (Å²) in [6.45, 7) is 3.17. The second-order valence-electron chi connectivity index (χ2n) is 4.08. The summed E-state index contributed by atoms with van der Waals surface area (Å²) in [5.74, 6) is 0.370. The Morgan fingerprint density at radius 2 is 2.00 bits per heavy atom. The molecule has 2 N–H and O–H groups in total. The van der Waals surface area contributed by atoms with Crippen molar-refractivity contribution in [3.8, 4) is 5.75 Å². The Balaban J connectivity index is 0.00000361. The molecule has 0 bridgehead atoms. The summed E-state index contributed by atoms with van der Waals surface area (Å²) in [4.78, 5) is 11.7. The molecule has 1 unspecified atom stereocenters. The molecule has 1 aromatic carbocycles. The third kappa shape index (κ3) is 6.66. The molecule has 1 aromatic rings. The van der Waals surface area contributed by atoms with Gasteiger partial charge in [-0.3, -0.25) is 4.79 Å². The van der Waals surface area contributed by atoms with Crippen LogP contribution in [-0.4, -0.2) is 32.1 Å². The minimum atomic E-state index is -0.577. The molecule has 1 atom stereocenters. The number of hydrogen-bond donors (Lipinski definition) is 2. The molecule has 20 heavy (non-hydrogen) atoms. The van der Waals surface area contributed by atoms with Gasteiger partial charge < -0.3 is 15.4 Å². The number of carbonyl (C=O) groups excluding carboxylic acids is 1. The van der Waals surface area contributed by atoms with Crippen LogP contribution in [0.5, 0.6) is 5.75 Å². The number of halogens is 3.